The Morgan fingerprint density at radius 2 is 1.58 bits per heavy atom. The summed E-state index contributed by atoms with van der Waals surface area (Å²) < 4.78 is 34.1. The summed E-state index contributed by atoms with van der Waals surface area (Å²) in [5.41, 5.74) is 0.963. The number of phenolic OH excluding ortho intramolecular Hbond substituents is 1. The molecular formula is C20H15ClN4O5S. The Balaban J connectivity index is 1.83. The highest BCUT2D eigenvalue weighted by Gasteiger charge is 2.20. The van der Waals surface area contributed by atoms with Gasteiger partial charge in [-0.05, 0) is 31.2 Å². The first-order valence-electron chi connectivity index (χ1n) is 8.85. The molecule has 4 rings (SSSR count). The summed E-state index contributed by atoms with van der Waals surface area (Å²) in [7, 11) is -4.57. The van der Waals surface area contributed by atoms with Gasteiger partial charge in [0, 0.05) is 21.9 Å². The van der Waals surface area contributed by atoms with Crippen LogP contribution in [0.1, 0.15) is 5.69 Å². The maximum Gasteiger partial charge on any atom is 0.295 e. The van der Waals surface area contributed by atoms with E-state index >= 15 is 0 Å². The van der Waals surface area contributed by atoms with E-state index in [-0.39, 0.29) is 28.0 Å². The first kappa shape index (κ1) is 20.8. The number of hydrogen-bond donors (Lipinski definition) is 3. The lowest BCUT2D eigenvalue weighted by atomic mass is 10.1. The van der Waals surface area contributed by atoms with Crippen LogP contribution in [0.15, 0.2) is 69.7 Å². The topological polar surface area (TPSA) is 137 Å². The molecule has 158 valence electrons. The Hall–Kier alpha value is -3.47. The quantitative estimate of drug-likeness (QED) is 0.288. The standard InChI is InChI=1S/C20H15ClN4O5S/c1-11-18(20(27)25(24-11)13-8-6-12(21)7-9-13)22-23-19-15-5-3-2-4-14(15)17(10-16(19)26)31(28,29)30/h2-10,26-27H,1H3,(H,28,29,30). The second kappa shape index (κ2) is 7.65. The molecule has 0 aliphatic rings. The third-order valence-electron chi connectivity index (χ3n) is 4.56. The molecule has 11 heteroatoms. The van der Waals surface area contributed by atoms with Crippen molar-refractivity contribution in [2.24, 2.45) is 10.2 Å². The summed E-state index contributed by atoms with van der Waals surface area (Å²) >= 11 is 5.89. The molecule has 0 aliphatic heterocycles. The van der Waals surface area contributed by atoms with Gasteiger partial charge in [0.2, 0.25) is 5.88 Å². The molecule has 0 atom stereocenters. The molecule has 0 aliphatic carbocycles. The second-order valence-corrected chi connectivity index (χ2v) is 8.44. The second-order valence-electron chi connectivity index (χ2n) is 6.61. The van der Waals surface area contributed by atoms with Gasteiger partial charge in [0.15, 0.2) is 5.69 Å². The normalized spacial score (nSPS) is 12.1. The van der Waals surface area contributed by atoms with Crippen LogP contribution in [0.5, 0.6) is 11.6 Å². The SMILES string of the molecule is Cc1nn(-c2ccc(Cl)cc2)c(O)c1N=Nc1c(O)cc(S(=O)(=O)O)c2ccccc12. The third-order valence-corrected chi connectivity index (χ3v) is 5.71. The minimum absolute atomic E-state index is 0.0268. The highest BCUT2D eigenvalue weighted by molar-refractivity contribution is 7.86. The Morgan fingerprint density at radius 1 is 0.968 bits per heavy atom. The van der Waals surface area contributed by atoms with E-state index in [9.17, 15) is 23.2 Å². The highest BCUT2D eigenvalue weighted by Crippen LogP contribution is 2.41. The Labute approximate surface area is 181 Å². The van der Waals surface area contributed by atoms with E-state index < -0.39 is 20.8 Å². The Kier molecular flexibility index (Phi) is 5.13. The van der Waals surface area contributed by atoms with E-state index in [2.05, 4.69) is 15.3 Å². The molecule has 3 N–H and O–H groups in total. The zero-order chi connectivity index (χ0) is 22.3. The number of rotatable bonds is 4. The van der Waals surface area contributed by atoms with Crippen molar-refractivity contribution in [1.29, 1.82) is 0 Å². The number of aryl methyl sites for hydroxylation is 1. The van der Waals surface area contributed by atoms with Crippen LogP contribution in [0.4, 0.5) is 11.4 Å². The predicted molar refractivity (Wildman–Crippen MR) is 115 cm³/mol. The lowest BCUT2D eigenvalue weighted by molar-refractivity contribution is 0.434. The van der Waals surface area contributed by atoms with Crippen LogP contribution in [0.2, 0.25) is 5.02 Å². The van der Waals surface area contributed by atoms with Crippen molar-refractivity contribution >= 4 is 43.9 Å². The van der Waals surface area contributed by atoms with Gasteiger partial charge < -0.3 is 10.2 Å². The Bertz CT molecular complexity index is 1450. The van der Waals surface area contributed by atoms with E-state index in [1.807, 2.05) is 0 Å². The molecule has 1 heterocycles. The van der Waals surface area contributed by atoms with E-state index in [0.717, 1.165) is 6.07 Å². The smallest absolute Gasteiger partial charge is 0.295 e. The molecule has 31 heavy (non-hydrogen) atoms. The number of azo groups is 1. The molecule has 1 aromatic heterocycles. The zero-order valence-electron chi connectivity index (χ0n) is 15.9. The number of phenols is 1. The number of hydrogen-bond acceptors (Lipinski definition) is 7. The number of aromatic nitrogens is 2. The van der Waals surface area contributed by atoms with Crippen molar-refractivity contribution in [3.05, 3.63) is 65.3 Å². The molecule has 0 saturated heterocycles. The van der Waals surface area contributed by atoms with Crippen molar-refractivity contribution in [2.45, 2.75) is 11.8 Å². The zero-order valence-corrected chi connectivity index (χ0v) is 17.5. The summed E-state index contributed by atoms with van der Waals surface area (Å²) in [6.45, 7) is 1.62. The van der Waals surface area contributed by atoms with Gasteiger partial charge >= 0.3 is 0 Å². The predicted octanol–water partition coefficient (Wildman–Crippen LogP) is 5.06. The largest absolute Gasteiger partial charge is 0.506 e. The summed E-state index contributed by atoms with van der Waals surface area (Å²) in [6, 6.07) is 13.7. The number of fused-ring (bicyclic) bond motifs is 1. The molecule has 9 nitrogen and oxygen atoms in total. The fourth-order valence-electron chi connectivity index (χ4n) is 3.12. The summed E-state index contributed by atoms with van der Waals surface area (Å²) in [5, 5.41) is 34.2. The number of nitrogens with zero attached hydrogens (tertiary/aromatic N) is 4. The molecule has 0 spiro atoms. The molecule has 0 saturated carbocycles. The maximum absolute atomic E-state index is 11.7. The summed E-state index contributed by atoms with van der Waals surface area (Å²) in [4.78, 5) is -0.450. The van der Waals surface area contributed by atoms with Gasteiger partial charge in [-0.2, -0.15) is 18.2 Å². The average Bonchev–Trinajstić information content (AvgIpc) is 3.00. The lowest BCUT2D eigenvalue weighted by Crippen LogP contribution is -1.99. The highest BCUT2D eigenvalue weighted by atomic mass is 35.5. The van der Waals surface area contributed by atoms with Crippen molar-refractivity contribution in [3.8, 4) is 17.3 Å². The molecule has 0 unspecified atom stereocenters. The number of aromatic hydroxyl groups is 2. The first-order valence-corrected chi connectivity index (χ1v) is 10.7. The number of benzene rings is 3. The fraction of sp³-hybridized carbons (Fsp3) is 0.0500. The molecule has 4 aromatic rings. The van der Waals surface area contributed by atoms with Crippen molar-refractivity contribution in [2.75, 3.05) is 0 Å². The average molecular weight is 459 g/mol. The van der Waals surface area contributed by atoms with Crippen molar-refractivity contribution in [1.82, 2.24) is 9.78 Å². The van der Waals surface area contributed by atoms with Crippen LogP contribution >= 0.6 is 11.6 Å². The fourth-order valence-corrected chi connectivity index (χ4v) is 3.96. The van der Waals surface area contributed by atoms with Gasteiger partial charge in [0.1, 0.15) is 16.3 Å². The Morgan fingerprint density at radius 3 is 2.23 bits per heavy atom. The third kappa shape index (κ3) is 3.83. The summed E-state index contributed by atoms with van der Waals surface area (Å²) in [5.74, 6) is -0.778. The molecular weight excluding hydrogens is 444 g/mol. The van der Waals surface area contributed by atoms with E-state index in [1.165, 1.54) is 16.8 Å². The minimum Gasteiger partial charge on any atom is -0.506 e. The molecule has 0 radical (unpaired) electrons. The van der Waals surface area contributed by atoms with Gasteiger partial charge in [-0.3, -0.25) is 4.55 Å². The van der Waals surface area contributed by atoms with Gasteiger partial charge in [-0.1, -0.05) is 35.9 Å². The van der Waals surface area contributed by atoms with Crippen LogP contribution in [-0.4, -0.2) is 33.0 Å². The monoisotopic (exact) mass is 458 g/mol. The van der Waals surface area contributed by atoms with Gasteiger partial charge in [-0.25, -0.2) is 0 Å². The molecule has 3 aromatic carbocycles. The van der Waals surface area contributed by atoms with E-state index in [1.54, 1.807) is 43.3 Å². The maximum atomic E-state index is 11.7. The van der Waals surface area contributed by atoms with Crippen LogP contribution < -0.4 is 0 Å². The van der Waals surface area contributed by atoms with E-state index in [4.69, 9.17) is 11.6 Å². The molecule has 0 fully saturated rings. The first-order chi connectivity index (χ1) is 14.7. The van der Waals surface area contributed by atoms with Gasteiger partial charge in [0.25, 0.3) is 10.1 Å². The van der Waals surface area contributed by atoms with Crippen LogP contribution in [-0.2, 0) is 10.1 Å². The van der Waals surface area contributed by atoms with Crippen molar-refractivity contribution in [3.63, 3.8) is 0 Å². The number of halogens is 1. The van der Waals surface area contributed by atoms with E-state index in [0.29, 0.717) is 16.4 Å². The van der Waals surface area contributed by atoms with Crippen molar-refractivity contribution < 1.29 is 23.2 Å². The summed E-state index contributed by atoms with van der Waals surface area (Å²) in [6.07, 6.45) is 0. The van der Waals surface area contributed by atoms with Crippen LogP contribution in [0.25, 0.3) is 16.5 Å². The van der Waals surface area contributed by atoms with Gasteiger partial charge in [-0.15, -0.1) is 10.2 Å². The molecule has 0 bridgehead atoms. The van der Waals surface area contributed by atoms with Gasteiger partial charge in [0.05, 0.1) is 11.4 Å². The molecule has 0 amide bonds. The minimum atomic E-state index is -4.57. The van der Waals surface area contributed by atoms with Crippen LogP contribution in [0, 0.1) is 6.92 Å². The van der Waals surface area contributed by atoms with Crippen LogP contribution in [0.3, 0.4) is 0 Å². The lowest BCUT2D eigenvalue weighted by Gasteiger charge is -2.08.